The number of nitriles is 1. The summed E-state index contributed by atoms with van der Waals surface area (Å²) in [4.78, 5) is 12.5. The second-order valence-corrected chi connectivity index (χ2v) is 4.77. The first-order chi connectivity index (χ1) is 8.65. The fraction of sp³-hybridized carbons (Fsp3) is 0.333. The largest absolute Gasteiger partial charge is 0.507 e. The maximum atomic E-state index is 11.9. The van der Waals surface area contributed by atoms with Crippen molar-refractivity contribution < 1.29 is 18.8 Å². The maximum absolute atomic E-state index is 11.9. The van der Waals surface area contributed by atoms with E-state index in [-0.39, 0.29) is 29.9 Å². The summed E-state index contributed by atoms with van der Waals surface area (Å²) in [7, 11) is 1.51. The molecule has 0 saturated carbocycles. The lowest BCUT2D eigenvalue weighted by Crippen LogP contribution is -2.26. The lowest BCUT2D eigenvalue weighted by Gasteiger charge is -2.24. The van der Waals surface area contributed by atoms with Crippen molar-refractivity contribution in [1.29, 1.82) is 5.26 Å². The molecule has 1 atom stereocenters. The summed E-state index contributed by atoms with van der Waals surface area (Å²) in [6, 6.07) is 5.06. The Labute approximate surface area is 109 Å². The molecule has 1 aromatic rings. The number of Topliss-reactive ketones (excluding diaryl/α,β-unsaturated/α-hetero) is 1. The Hall–Kier alpha value is -1.71. The minimum Gasteiger partial charge on any atom is -0.507 e. The summed E-state index contributed by atoms with van der Waals surface area (Å²) < 4.78 is 10.4. The fourth-order valence-corrected chi connectivity index (χ4v) is 2.35. The van der Waals surface area contributed by atoms with E-state index in [9.17, 15) is 9.90 Å². The number of hydrogen-bond donors (Lipinski definition) is 1. The van der Waals surface area contributed by atoms with E-state index in [4.69, 9.17) is 14.2 Å². The van der Waals surface area contributed by atoms with E-state index in [0.717, 1.165) is 12.0 Å². The minimum atomic E-state index is -0.447. The molecule has 0 fully saturated rings. The maximum Gasteiger partial charge on any atom is 0.174 e. The van der Waals surface area contributed by atoms with E-state index in [1.54, 1.807) is 6.07 Å². The van der Waals surface area contributed by atoms with Crippen LogP contribution in [0.4, 0.5) is 0 Å². The molecule has 0 aliphatic carbocycles. The molecule has 0 saturated heterocycles. The predicted molar refractivity (Wildman–Crippen MR) is 64.6 cm³/mol. The van der Waals surface area contributed by atoms with Gasteiger partial charge in [-0.25, -0.2) is 0 Å². The molecule has 94 valence electrons. The summed E-state index contributed by atoms with van der Waals surface area (Å²) >= 11 is 1.06. The molecule has 5 nitrogen and oxygen atoms in total. The van der Waals surface area contributed by atoms with Crippen LogP contribution in [0.25, 0.3) is 0 Å². The third-order valence-electron chi connectivity index (χ3n) is 2.54. The molecule has 1 heterocycles. The summed E-state index contributed by atoms with van der Waals surface area (Å²) in [5.41, 5.74) is 0.185. The van der Waals surface area contributed by atoms with Crippen molar-refractivity contribution in [1.82, 2.24) is 0 Å². The van der Waals surface area contributed by atoms with Crippen molar-refractivity contribution in [3.8, 4) is 17.6 Å². The zero-order valence-corrected chi connectivity index (χ0v) is 10.5. The van der Waals surface area contributed by atoms with E-state index in [0.29, 0.717) is 10.6 Å². The minimum absolute atomic E-state index is 0.116. The Morgan fingerprint density at radius 2 is 2.44 bits per heavy atom. The smallest absolute Gasteiger partial charge is 0.174 e. The molecule has 6 heteroatoms. The van der Waals surface area contributed by atoms with Crippen molar-refractivity contribution in [2.75, 3.05) is 7.11 Å². The number of nitrogens with zero attached hydrogens (tertiary/aromatic N) is 1. The molecule has 1 aromatic carbocycles. The Bertz CT molecular complexity index is 524. The van der Waals surface area contributed by atoms with Crippen molar-refractivity contribution >= 4 is 17.8 Å². The predicted octanol–water partition coefficient (Wildman–Crippen LogP) is 2.29. The summed E-state index contributed by atoms with van der Waals surface area (Å²) in [5.74, 6) is -0.0125. The Morgan fingerprint density at radius 1 is 1.67 bits per heavy atom. The van der Waals surface area contributed by atoms with Gasteiger partial charge in [-0.15, -0.1) is 0 Å². The van der Waals surface area contributed by atoms with Crippen LogP contribution >= 0.6 is 12.0 Å². The molecule has 0 aromatic heterocycles. The highest BCUT2D eigenvalue weighted by Crippen LogP contribution is 2.38. The molecular weight excluding hydrogens is 254 g/mol. The van der Waals surface area contributed by atoms with Crippen LogP contribution in [0.1, 0.15) is 23.2 Å². The van der Waals surface area contributed by atoms with Gasteiger partial charge in [0.25, 0.3) is 0 Å². The second-order valence-electron chi connectivity index (χ2n) is 3.79. The number of phenolic OH excluding ortho intramolecular Hbond substituents is 1. The van der Waals surface area contributed by atoms with Gasteiger partial charge in [-0.1, -0.05) is 0 Å². The highest BCUT2D eigenvalue weighted by atomic mass is 32.2. The summed E-state index contributed by atoms with van der Waals surface area (Å²) in [6.45, 7) is 0. The fourth-order valence-electron chi connectivity index (χ4n) is 1.84. The van der Waals surface area contributed by atoms with Crippen LogP contribution in [-0.4, -0.2) is 24.1 Å². The number of ketones is 1. The molecule has 1 unspecified atom stereocenters. The lowest BCUT2D eigenvalue weighted by atomic mass is 9.98. The zero-order valence-electron chi connectivity index (χ0n) is 9.67. The number of ether oxygens (including phenoxy) is 1. The number of carbonyl (C=O) groups is 1. The first-order valence-electron chi connectivity index (χ1n) is 5.30. The molecule has 2 rings (SSSR count). The van der Waals surface area contributed by atoms with Crippen LogP contribution in [0.3, 0.4) is 0 Å². The number of benzene rings is 1. The summed E-state index contributed by atoms with van der Waals surface area (Å²) in [6.07, 6.45) is -0.185. The number of aromatic hydroxyl groups is 1. The van der Waals surface area contributed by atoms with E-state index in [2.05, 4.69) is 0 Å². The standard InChI is InChI=1S/C12H11NO4S/c1-16-18-8-5-10(15)12-9(14)4-7(2-3-13)17-11(12)6-8/h5-7,15H,2,4H2,1H3. The average Bonchev–Trinajstić information content (AvgIpc) is 2.28. The number of rotatable bonds is 3. The van der Waals surface area contributed by atoms with Crippen LogP contribution in [0.2, 0.25) is 0 Å². The number of fused-ring (bicyclic) bond motifs is 1. The number of hydrogen-bond acceptors (Lipinski definition) is 6. The highest BCUT2D eigenvalue weighted by molar-refractivity contribution is 7.94. The van der Waals surface area contributed by atoms with Gasteiger partial charge in [-0.3, -0.25) is 4.79 Å². The van der Waals surface area contributed by atoms with Crippen LogP contribution in [-0.2, 0) is 4.18 Å². The molecule has 1 aliphatic rings. The second kappa shape index (κ2) is 5.29. The first kappa shape index (κ1) is 12.7. The normalized spacial score (nSPS) is 17.8. The van der Waals surface area contributed by atoms with Gasteiger partial charge in [0.05, 0.1) is 19.6 Å². The van der Waals surface area contributed by atoms with E-state index in [1.165, 1.54) is 13.2 Å². The SMILES string of the molecule is COSc1cc(O)c2c(c1)OC(CC#N)CC2=O. The summed E-state index contributed by atoms with van der Waals surface area (Å²) in [5, 5.41) is 18.4. The monoisotopic (exact) mass is 265 g/mol. The molecular formula is C12H11NO4S. The Kier molecular flexibility index (Phi) is 3.75. The molecule has 0 bridgehead atoms. The van der Waals surface area contributed by atoms with Gasteiger partial charge in [-0.05, 0) is 12.1 Å². The number of carbonyl (C=O) groups excluding carboxylic acids is 1. The van der Waals surface area contributed by atoms with Crippen LogP contribution in [0.15, 0.2) is 17.0 Å². The van der Waals surface area contributed by atoms with Gasteiger partial charge in [0, 0.05) is 23.4 Å². The van der Waals surface area contributed by atoms with Crippen molar-refractivity contribution in [3.63, 3.8) is 0 Å². The van der Waals surface area contributed by atoms with Gasteiger partial charge in [0.15, 0.2) is 5.78 Å². The topological polar surface area (TPSA) is 79.5 Å². The van der Waals surface area contributed by atoms with E-state index >= 15 is 0 Å². The molecule has 0 radical (unpaired) electrons. The first-order valence-corrected chi connectivity index (χ1v) is 6.04. The molecule has 0 amide bonds. The van der Waals surface area contributed by atoms with Gasteiger partial charge in [0.2, 0.25) is 0 Å². The lowest BCUT2D eigenvalue weighted by molar-refractivity contribution is 0.0850. The molecule has 0 spiro atoms. The third-order valence-corrected chi connectivity index (χ3v) is 3.13. The molecule has 1 N–H and O–H groups in total. The number of phenols is 1. The van der Waals surface area contributed by atoms with Crippen LogP contribution < -0.4 is 4.74 Å². The van der Waals surface area contributed by atoms with E-state index in [1.807, 2.05) is 6.07 Å². The third kappa shape index (κ3) is 2.42. The van der Waals surface area contributed by atoms with Crippen molar-refractivity contribution in [2.45, 2.75) is 23.8 Å². The van der Waals surface area contributed by atoms with Crippen molar-refractivity contribution in [2.24, 2.45) is 0 Å². The van der Waals surface area contributed by atoms with Crippen molar-refractivity contribution in [3.05, 3.63) is 17.7 Å². The molecule has 1 aliphatic heterocycles. The zero-order chi connectivity index (χ0) is 13.1. The van der Waals surface area contributed by atoms with Crippen LogP contribution in [0, 0.1) is 11.3 Å². The average molecular weight is 265 g/mol. The Morgan fingerprint density at radius 3 is 3.11 bits per heavy atom. The van der Waals surface area contributed by atoms with E-state index < -0.39 is 6.10 Å². The molecule has 18 heavy (non-hydrogen) atoms. The Balaban J connectivity index is 2.38. The van der Waals surface area contributed by atoms with Crippen LogP contribution in [0.5, 0.6) is 11.5 Å². The highest BCUT2D eigenvalue weighted by Gasteiger charge is 2.29. The van der Waals surface area contributed by atoms with Gasteiger partial charge < -0.3 is 14.0 Å². The quantitative estimate of drug-likeness (QED) is 0.845. The van der Waals surface area contributed by atoms with Gasteiger partial charge in [0.1, 0.15) is 23.2 Å². The van der Waals surface area contributed by atoms with Gasteiger partial charge in [-0.2, -0.15) is 5.26 Å². The van der Waals surface area contributed by atoms with Gasteiger partial charge >= 0.3 is 0 Å².